The number of carbonyl (C=O) groups is 2. The molecule has 0 saturated carbocycles. The van der Waals surface area contributed by atoms with Crippen molar-refractivity contribution in [3.8, 4) is 0 Å². The number of amides is 2. The molecule has 5 nitrogen and oxygen atoms in total. The maximum Gasteiger partial charge on any atom is 0.227 e. The number of fused-ring (bicyclic) bond motifs is 1. The molecule has 1 aromatic carbocycles. The van der Waals surface area contributed by atoms with Crippen LogP contribution in [-0.2, 0) is 35.4 Å². The van der Waals surface area contributed by atoms with E-state index in [0.29, 0.717) is 37.5 Å². The summed E-state index contributed by atoms with van der Waals surface area (Å²) in [4.78, 5) is 35.2. The predicted octanol–water partition coefficient (Wildman–Crippen LogP) is 4.12. The minimum absolute atomic E-state index is 0.118. The Bertz CT molecular complexity index is 888. The Hall–Kier alpha value is -1.92. The second-order valence-electron chi connectivity index (χ2n) is 8.33. The van der Waals surface area contributed by atoms with Crippen molar-refractivity contribution in [2.24, 2.45) is 5.92 Å². The summed E-state index contributed by atoms with van der Waals surface area (Å²) >= 11 is 7.70. The Morgan fingerprint density at radius 3 is 2.77 bits per heavy atom. The molecule has 1 aliphatic heterocycles. The van der Waals surface area contributed by atoms with E-state index in [1.54, 1.807) is 16.2 Å². The van der Waals surface area contributed by atoms with Crippen LogP contribution >= 0.6 is 22.9 Å². The third kappa shape index (κ3) is 5.03. The summed E-state index contributed by atoms with van der Waals surface area (Å²) < 4.78 is 0. The summed E-state index contributed by atoms with van der Waals surface area (Å²) in [5.74, 6) is 0.128. The van der Waals surface area contributed by atoms with Gasteiger partial charge in [-0.3, -0.25) is 9.59 Å². The van der Waals surface area contributed by atoms with Gasteiger partial charge in [0.15, 0.2) is 0 Å². The molecule has 1 fully saturated rings. The highest BCUT2D eigenvalue weighted by atomic mass is 35.5. The highest BCUT2D eigenvalue weighted by Crippen LogP contribution is 2.28. The monoisotopic (exact) mass is 445 g/mol. The smallest absolute Gasteiger partial charge is 0.227 e. The lowest BCUT2D eigenvalue weighted by Crippen LogP contribution is -2.46. The number of likely N-dealkylation sites (tertiary alicyclic amines) is 1. The SMILES string of the molecule is CN(Cc1nc2c(s1)CCCC2)C(=O)[C@@H]1CCC(=O)N(CCc2ccc(Cl)cc2)C1. The first kappa shape index (κ1) is 21.3. The topological polar surface area (TPSA) is 53.5 Å². The number of rotatable bonds is 6. The van der Waals surface area contributed by atoms with Gasteiger partial charge in [-0.15, -0.1) is 11.3 Å². The Labute approximate surface area is 187 Å². The predicted molar refractivity (Wildman–Crippen MR) is 120 cm³/mol. The molecular formula is C23H28ClN3O2S. The fourth-order valence-corrected chi connectivity index (χ4v) is 5.65. The van der Waals surface area contributed by atoms with Gasteiger partial charge < -0.3 is 9.80 Å². The Morgan fingerprint density at radius 1 is 1.23 bits per heavy atom. The standard InChI is InChI=1S/C23H28ClN3O2S/c1-26(15-21-25-19-4-2-3-5-20(19)30-21)23(29)17-8-11-22(28)27(14-17)13-12-16-6-9-18(24)10-7-16/h6-7,9-10,17H,2-5,8,11-15H2,1H3/t17-/m1/s1. The fourth-order valence-electron chi connectivity index (χ4n) is 4.31. The zero-order chi connectivity index (χ0) is 21.1. The Morgan fingerprint density at radius 2 is 2.00 bits per heavy atom. The lowest BCUT2D eigenvalue weighted by atomic mass is 9.95. The van der Waals surface area contributed by atoms with Gasteiger partial charge in [-0.05, 0) is 56.2 Å². The van der Waals surface area contributed by atoms with Crippen LogP contribution in [0.25, 0.3) is 0 Å². The van der Waals surface area contributed by atoms with Crippen molar-refractivity contribution in [1.29, 1.82) is 0 Å². The van der Waals surface area contributed by atoms with Crippen LogP contribution in [0.2, 0.25) is 5.02 Å². The molecule has 2 heterocycles. The molecule has 1 saturated heterocycles. The molecule has 0 unspecified atom stereocenters. The Kier molecular flexibility index (Phi) is 6.74. The van der Waals surface area contributed by atoms with Crippen molar-refractivity contribution in [3.63, 3.8) is 0 Å². The minimum Gasteiger partial charge on any atom is -0.342 e. The molecule has 1 atom stereocenters. The first-order valence-corrected chi connectivity index (χ1v) is 11.9. The molecule has 0 radical (unpaired) electrons. The molecule has 1 aromatic heterocycles. The number of hydrogen-bond acceptors (Lipinski definition) is 4. The van der Waals surface area contributed by atoms with Crippen LogP contribution in [0.4, 0.5) is 0 Å². The number of piperidine rings is 1. The molecule has 2 amide bonds. The highest BCUT2D eigenvalue weighted by Gasteiger charge is 2.32. The van der Waals surface area contributed by atoms with Gasteiger partial charge >= 0.3 is 0 Å². The van der Waals surface area contributed by atoms with Crippen LogP contribution in [0.3, 0.4) is 0 Å². The van der Waals surface area contributed by atoms with Crippen LogP contribution < -0.4 is 0 Å². The quantitative estimate of drug-likeness (QED) is 0.672. The average Bonchev–Trinajstić information content (AvgIpc) is 3.16. The number of hydrogen-bond donors (Lipinski definition) is 0. The number of carbonyl (C=O) groups excluding carboxylic acids is 2. The maximum atomic E-state index is 13.1. The van der Waals surface area contributed by atoms with Gasteiger partial charge in [0.05, 0.1) is 18.2 Å². The summed E-state index contributed by atoms with van der Waals surface area (Å²) in [5, 5.41) is 1.74. The van der Waals surface area contributed by atoms with E-state index in [1.165, 1.54) is 23.4 Å². The van der Waals surface area contributed by atoms with Gasteiger partial charge in [0.25, 0.3) is 0 Å². The molecule has 1 aliphatic carbocycles. The average molecular weight is 446 g/mol. The summed E-state index contributed by atoms with van der Waals surface area (Å²) in [5.41, 5.74) is 2.38. The van der Waals surface area contributed by atoms with E-state index in [-0.39, 0.29) is 17.7 Å². The van der Waals surface area contributed by atoms with Crippen LogP contribution in [0.1, 0.15) is 46.8 Å². The zero-order valence-corrected chi connectivity index (χ0v) is 19.0. The zero-order valence-electron chi connectivity index (χ0n) is 17.4. The minimum atomic E-state index is -0.132. The summed E-state index contributed by atoms with van der Waals surface area (Å²) in [7, 11) is 1.86. The third-order valence-corrected chi connectivity index (χ3v) is 7.47. The maximum absolute atomic E-state index is 13.1. The molecule has 7 heteroatoms. The van der Waals surface area contributed by atoms with Crippen LogP contribution in [0.5, 0.6) is 0 Å². The largest absolute Gasteiger partial charge is 0.342 e. The molecule has 30 heavy (non-hydrogen) atoms. The Balaban J connectivity index is 1.33. The van der Waals surface area contributed by atoms with Crippen LogP contribution in [0.15, 0.2) is 24.3 Å². The number of aromatic nitrogens is 1. The van der Waals surface area contributed by atoms with Crippen molar-refractivity contribution in [2.45, 2.75) is 51.5 Å². The number of nitrogens with zero attached hydrogens (tertiary/aromatic N) is 3. The summed E-state index contributed by atoms with van der Waals surface area (Å²) in [6.07, 6.45) is 6.49. The van der Waals surface area contributed by atoms with E-state index < -0.39 is 0 Å². The number of benzene rings is 1. The number of thiazole rings is 1. The van der Waals surface area contributed by atoms with Crippen molar-refractivity contribution in [2.75, 3.05) is 20.1 Å². The molecular weight excluding hydrogens is 418 g/mol. The normalized spacial score (nSPS) is 18.9. The molecule has 2 aliphatic rings. The highest BCUT2D eigenvalue weighted by molar-refractivity contribution is 7.11. The van der Waals surface area contributed by atoms with Gasteiger partial charge in [0.2, 0.25) is 11.8 Å². The summed E-state index contributed by atoms with van der Waals surface area (Å²) in [6, 6.07) is 7.71. The van der Waals surface area contributed by atoms with Gasteiger partial charge in [-0.2, -0.15) is 0 Å². The third-order valence-electron chi connectivity index (χ3n) is 6.07. The van der Waals surface area contributed by atoms with Crippen molar-refractivity contribution < 1.29 is 9.59 Å². The first-order valence-electron chi connectivity index (χ1n) is 10.7. The molecule has 160 valence electrons. The van der Waals surface area contributed by atoms with E-state index in [4.69, 9.17) is 16.6 Å². The van der Waals surface area contributed by atoms with E-state index in [0.717, 1.165) is 29.8 Å². The van der Waals surface area contributed by atoms with E-state index in [9.17, 15) is 9.59 Å². The van der Waals surface area contributed by atoms with E-state index in [2.05, 4.69) is 0 Å². The van der Waals surface area contributed by atoms with E-state index >= 15 is 0 Å². The van der Waals surface area contributed by atoms with Crippen molar-refractivity contribution in [3.05, 3.63) is 50.4 Å². The fraction of sp³-hybridized carbons (Fsp3) is 0.522. The molecule has 0 N–H and O–H groups in total. The van der Waals surface area contributed by atoms with Crippen LogP contribution in [0, 0.1) is 5.92 Å². The first-order chi connectivity index (χ1) is 14.5. The molecule has 2 aromatic rings. The van der Waals surface area contributed by atoms with Crippen molar-refractivity contribution in [1.82, 2.24) is 14.8 Å². The molecule has 0 bridgehead atoms. The van der Waals surface area contributed by atoms with Gasteiger partial charge in [-0.1, -0.05) is 23.7 Å². The van der Waals surface area contributed by atoms with Crippen molar-refractivity contribution >= 4 is 34.8 Å². The lowest BCUT2D eigenvalue weighted by molar-refractivity contribution is -0.142. The van der Waals surface area contributed by atoms with Gasteiger partial charge in [-0.25, -0.2) is 4.98 Å². The summed E-state index contributed by atoms with van der Waals surface area (Å²) in [6.45, 7) is 1.70. The lowest BCUT2D eigenvalue weighted by Gasteiger charge is -2.33. The second-order valence-corrected chi connectivity index (χ2v) is 9.94. The number of aryl methyl sites for hydroxylation is 2. The molecule has 4 rings (SSSR count). The second kappa shape index (κ2) is 9.48. The van der Waals surface area contributed by atoms with E-state index in [1.807, 2.05) is 36.2 Å². The van der Waals surface area contributed by atoms with Gasteiger partial charge in [0.1, 0.15) is 5.01 Å². The van der Waals surface area contributed by atoms with Crippen LogP contribution in [-0.4, -0.2) is 46.7 Å². The van der Waals surface area contributed by atoms with Gasteiger partial charge in [0, 0.05) is 36.5 Å². The number of halogens is 1. The molecule has 0 spiro atoms.